The average molecular weight is 300 g/mol. The zero-order valence-corrected chi connectivity index (χ0v) is 12.1. The van der Waals surface area contributed by atoms with Crippen molar-refractivity contribution in [3.05, 3.63) is 23.1 Å². The molecule has 1 amide bonds. The number of carbonyl (C=O) groups excluding carboxylic acids is 1. The molecule has 0 radical (unpaired) electrons. The minimum absolute atomic E-state index is 0.0229. The van der Waals surface area contributed by atoms with Crippen LogP contribution in [0.25, 0.3) is 0 Å². The summed E-state index contributed by atoms with van der Waals surface area (Å²) in [5.74, 6) is -0.946. The van der Waals surface area contributed by atoms with Gasteiger partial charge in [0, 0.05) is 0 Å². The Morgan fingerprint density at radius 2 is 2.15 bits per heavy atom. The molecule has 0 atom stereocenters. The number of aliphatic carboxylic acids is 1. The fourth-order valence-corrected chi connectivity index (χ4v) is 2.91. The van der Waals surface area contributed by atoms with E-state index in [0.29, 0.717) is 18.8 Å². The van der Waals surface area contributed by atoms with Crippen molar-refractivity contribution in [2.75, 3.05) is 0 Å². The summed E-state index contributed by atoms with van der Waals surface area (Å²) >= 11 is 5.75. The van der Waals surface area contributed by atoms with Crippen molar-refractivity contribution in [2.45, 2.75) is 44.6 Å². The van der Waals surface area contributed by atoms with Gasteiger partial charge in [-0.1, -0.05) is 13.3 Å². The predicted molar refractivity (Wildman–Crippen MR) is 73.8 cm³/mol. The third-order valence-electron chi connectivity index (χ3n) is 4.16. The molecule has 1 aliphatic carbocycles. The molecule has 1 heterocycles. The van der Waals surface area contributed by atoms with E-state index in [0.717, 1.165) is 19.3 Å². The Balaban J connectivity index is 2.13. The van der Waals surface area contributed by atoms with Gasteiger partial charge in [-0.25, -0.2) is 4.79 Å². The molecule has 0 unspecified atom stereocenters. The molecule has 2 rings (SSSR count). The molecule has 6 heteroatoms. The van der Waals surface area contributed by atoms with Gasteiger partial charge in [-0.3, -0.25) is 4.79 Å². The SMILES string of the molecule is CCC1CCC(NC(=O)c2ccoc2Cl)(C(=O)O)CC1. The second-order valence-corrected chi connectivity index (χ2v) is 5.64. The van der Waals surface area contributed by atoms with Gasteiger partial charge in [-0.05, 0) is 49.3 Å². The number of hydrogen-bond acceptors (Lipinski definition) is 3. The van der Waals surface area contributed by atoms with Crippen LogP contribution in [0.5, 0.6) is 0 Å². The van der Waals surface area contributed by atoms with Gasteiger partial charge in [0.25, 0.3) is 5.91 Å². The number of furan rings is 1. The first kappa shape index (κ1) is 14.9. The number of carboxylic acids is 1. The summed E-state index contributed by atoms with van der Waals surface area (Å²) in [5.41, 5.74) is -1.02. The molecule has 0 spiro atoms. The third-order valence-corrected chi connectivity index (χ3v) is 4.45. The fraction of sp³-hybridized carbons (Fsp3) is 0.571. The lowest BCUT2D eigenvalue weighted by molar-refractivity contribution is -0.146. The standard InChI is InChI=1S/C14H18ClNO4/c1-2-9-3-6-14(7-4-9,13(18)19)16-12(17)10-5-8-20-11(10)15/h5,8-9H,2-4,6-7H2,1H3,(H,16,17)(H,18,19). The molecule has 2 N–H and O–H groups in total. The van der Waals surface area contributed by atoms with Crippen LogP contribution in [0.15, 0.2) is 16.7 Å². The zero-order valence-electron chi connectivity index (χ0n) is 11.3. The van der Waals surface area contributed by atoms with Gasteiger partial charge >= 0.3 is 5.97 Å². The second-order valence-electron chi connectivity index (χ2n) is 5.30. The van der Waals surface area contributed by atoms with Crippen molar-refractivity contribution < 1.29 is 19.1 Å². The van der Waals surface area contributed by atoms with Crippen molar-refractivity contribution in [2.24, 2.45) is 5.92 Å². The Hall–Kier alpha value is -1.49. The van der Waals surface area contributed by atoms with Gasteiger partial charge in [0.15, 0.2) is 0 Å². The lowest BCUT2D eigenvalue weighted by Gasteiger charge is -2.37. The normalized spacial score (nSPS) is 26.2. The Labute approximate surface area is 122 Å². The minimum atomic E-state index is -1.19. The predicted octanol–water partition coefficient (Wildman–Crippen LogP) is 3.09. The molecule has 1 saturated carbocycles. The van der Waals surface area contributed by atoms with E-state index in [9.17, 15) is 14.7 Å². The Kier molecular flexibility index (Phi) is 4.38. The molecule has 1 fully saturated rings. The van der Waals surface area contributed by atoms with Gasteiger partial charge < -0.3 is 14.8 Å². The smallest absolute Gasteiger partial charge is 0.329 e. The van der Waals surface area contributed by atoms with E-state index < -0.39 is 17.4 Å². The largest absolute Gasteiger partial charge is 0.480 e. The summed E-state index contributed by atoms with van der Waals surface area (Å²) in [5, 5.41) is 12.1. The molecular weight excluding hydrogens is 282 g/mol. The van der Waals surface area contributed by atoms with Gasteiger partial charge in [0.2, 0.25) is 5.22 Å². The number of halogens is 1. The van der Waals surface area contributed by atoms with Crippen molar-refractivity contribution >= 4 is 23.5 Å². The van der Waals surface area contributed by atoms with Crippen LogP contribution in [0.1, 0.15) is 49.4 Å². The van der Waals surface area contributed by atoms with Crippen LogP contribution in [-0.4, -0.2) is 22.5 Å². The van der Waals surface area contributed by atoms with Crippen LogP contribution in [-0.2, 0) is 4.79 Å². The highest BCUT2D eigenvalue weighted by Crippen LogP contribution is 2.34. The summed E-state index contributed by atoms with van der Waals surface area (Å²) in [6.07, 6.45) is 4.85. The maximum absolute atomic E-state index is 12.1. The van der Waals surface area contributed by atoms with Crippen LogP contribution < -0.4 is 5.32 Å². The zero-order chi connectivity index (χ0) is 14.8. The first-order valence-electron chi connectivity index (χ1n) is 6.77. The fourth-order valence-electron chi connectivity index (χ4n) is 2.71. The van der Waals surface area contributed by atoms with E-state index in [2.05, 4.69) is 12.2 Å². The van der Waals surface area contributed by atoms with E-state index in [1.54, 1.807) is 0 Å². The highest BCUT2D eigenvalue weighted by molar-refractivity contribution is 6.32. The van der Waals surface area contributed by atoms with Crippen molar-refractivity contribution in [3.63, 3.8) is 0 Å². The number of hydrogen-bond donors (Lipinski definition) is 2. The Morgan fingerprint density at radius 3 is 2.60 bits per heavy atom. The third kappa shape index (κ3) is 2.82. The van der Waals surface area contributed by atoms with Gasteiger partial charge in [0.05, 0.1) is 11.8 Å². The monoisotopic (exact) mass is 299 g/mol. The summed E-state index contributed by atoms with van der Waals surface area (Å²) in [6, 6.07) is 1.44. The first-order valence-corrected chi connectivity index (χ1v) is 7.15. The van der Waals surface area contributed by atoms with Crippen molar-refractivity contribution in [1.82, 2.24) is 5.32 Å². The number of amides is 1. The van der Waals surface area contributed by atoms with Crippen molar-refractivity contribution in [3.8, 4) is 0 Å². The van der Waals surface area contributed by atoms with Gasteiger partial charge in [0.1, 0.15) is 5.54 Å². The van der Waals surface area contributed by atoms with Gasteiger partial charge in [-0.2, -0.15) is 0 Å². The van der Waals surface area contributed by atoms with Crippen LogP contribution in [0.2, 0.25) is 5.22 Å². The summed E-state index contributed by atoms with van der Waals surface area (Å²) < 4.78 is 4.86. The van der Waals surface area contributed by atoms with E-state index >= 15 is 0 Å². The van der Waals surface area contributed by atoms with E-state index in [1.165, 1.54) is 12.3 Å². The molecule has 110 valence electrons. The number of carbonyl (C=O) groups is 2. The van der Waals surface area contributed by atoms with Crippen LogP contribution >= 0.6 is 11.6 Å². The highest BCUT2D eigenvalue weighted by atomic mass is 35.5. The number of rotatable bonds is 4. The van der Waals surface area contributed by atoms with E-state index in [1.807, 2.05) is 0 Å². The molecule has 0 bridgehead atoms. The van der Waals surface area contributed by atoms with Crippen LogP contribution in [0.4, 0.5) is 0 Å². The topological polar surface area (TPSA) is 79.5 Å². The molecule has 0 saturated heterocycles. The van der Waals surface area contributed by atoms with Crippen LogP contribution in [0, 0.1) is 5.92 Å². The summed E-state index contributed by atoms with van der Waals surface area (Å²) in [4.78, 5) is 23.7. The quantitative estimate of drug-likeness (QED) is 0.895. The molecule has 5 nitrogen and oxygen atoms in total. The Morgan fingerprint density at radius 1 is 1.50 bits per heavy atom. The highest BCUT2D eigenvalue weighted by Gasteiger charge is 2.43. The van der Waals surface area contributed by atoms with E-state index in [-0.39, 0.29) is 10.8 Å². The molecule has 0 aliphatic heterocycles. The first-order chi connectivity index (χ1) is 9.48. The Bertz CT molecular complexity index is 503. The molecule has 20 heavy (non-hydrogen) atoms. The van der Waals surface area contributed by atoms with Crippen LogP contribution in [0.3, 0.4) is 0 Å². The van der Waals surface area contributed by atoms with Crippen molar-refractivity contribution in [1.29, 1.82) is 0 Å². The lowest BCUT2D eigenvalue weighted by Crippen LogP contribution is -2.56. The molecule has 1 aliphatic rings. The second kappa shape index (κ2) is 5.87. The minimum Gasteiger partial charge on any atom is -0.480 e. The summed E-state index contributed by atoms with van der Waals surface area (Å²) in [7, 11) is 0. The number of nitrogens with one attached hydrogen (secondary N) is 1. The molecule has 0 aromatic carbocycles. The molecular formula is C14H18ClNO4. The van der Waals surface area contributed by atoms with E-state index in [4.69, 9.17) is 16.0 Å². The average Bonchev–Trinajstić information content (AvgIpc) is 2.85. The van der Waals surface area contributed by atoms with Gasteiger partial charge in [-0.15, -0.1) is 0 Å². The lowest BCUT2D eigenvalue weighted by atomic mass is 9.75. The molecule has 1 aromatic rings. The summed E-state index contributed by atoms with van der Waals surface area (Å²) in [6.45, 7) is 2.10. The maximum Gasteiger partial charge on any atom is 0.329 e. The molecule has 1 aromatic heterocycles. The maximum atomic E-state index is 12.1. The number of carboxylic acid groups (broad SMARTS) is 1.